The number of aliphatic hydroxyl groups is 1. The smallest absolute Gasteiger partial charge is 0.153 e. The van der Waals surface area contributed by atoms with Crippen molar-refractivity contribution >= 4 is 27.5 Å². The van der Waals surface area contributed by atoms with Gasteiger partial charge >= 0.3 is 0 Å². The van der Waals surface area contributed by atoms with Crippen LogP contribution in [0.5, 0.6) is 0 Å². The van der Waals surface area contributed by atoms with Crippen LogP contribution in [0.15, 0.2) is 0 Å². The topological polar surface area (TPSA) is 46.5 Å². The number of nitrogens with zero attached hydrogens (tertiary/aromatic N) is 1. The molecule has 3 nitrogen and oxygen atoms in total. The Balaban J connectivity index is 2.39. The van der Waals surface area contributed by atoms with Crippen LogP contribution in [0.4, 0.5) is 0 Å². The zero-order valence-corrected chi connectivity index (χ0v) is 6.48. The van der Waals surface area contributed by atoms with Crippen molar-refractivity contribution in [3.63, 3.8) is 0 Å². The highest BCUT2D eigenvalue weighted by Crippen LogP contribution is 2.17. The quantitative estimate of drug-likeness (QED) is 0.429. The number of hydrogen-bond donors (Lipinski definition) is 1. The molecule has 2 atom stereocenters. The lowest BCUT2D eigenvalue weighted by molar-refractivity contribution is 0.203. The molecule has 1 aliphatic rings. The van der Waals surface area contributed by atoms with Crippen molar-refractivity contribution in [3.05, 3.63) is 0 Å². The molecule has 0 aromatic carbocycles. The second-order valence-electron chi connectivity index (χ2n) is 1.64. The van der Waals surface area contributed by atoms with Crippen molar-refractivity contribution in [1.29, 1.82) is 0 Å². The molecule has 0 saturated carbocycles. The lowest BCUT2D eigenvalue weighted by Gasteiger charge is -2.05. The van der Waals surface area contributed by atoms with E-state index in [0.717, 1.165) is 0 Å². The summed E-state index contributed by atoms with van der Waals surface area (Å²) in [5.41, 5.74) is 0. The van der Waals surface area contributed by atoms with Gasteiger partial charge in [-0.3, -0.25) is 0 Å². The molecule has 0 aromatic rings. The first kappa shape index (κ1) is 6.82. The molecule has 1 saturated heterocycles. The van der Waals surface area contributed by atoms with E-state index < -0.39 is 17.5 Å². The van der Waals surface area contributed by atoms with Crippen LogP contribution in [-0.2, 0) is 11.4 Å². The molecule has 0 amide bonds. The van der Waals surface area contributed by atoms with E-state index in [1.807, 2.05) is 0 Å². The summed E-state index contributed by atoms with van der Waals surface area (Å²) in [6, 6.07) is 0. The van der Waals surface area contributed by atoms with E-state index in [1.165, 1.54) is 3.33 Å². The van der Waals surface area contributed by atoms with E-state index >= 15 is 0 Å². The van der Waals surface area contributed by atoms with Crippen molar-refractivity contribution in [3.8, 4) is 0 Å². The van der Waals surface area contributed by atoms with Crippen molar-refractivity contribution in [2.75, 3.05) is 12.3 Å². The Kier molecular flexibility index (Phi) is 2.16. The highest BCUT2D eigenvalue weighted by Gasteiger charge is 2.31. The number of β-amino-alcohol motifs (C(OH)–C–C–N with tert-alkyl or cyclic N) is 1. The molecule has 1 aliphatic heterocycles. The molecular formula is C3H6BrNO2S. The third-order valence-electron chi connectivity index (χ3n) is 0.910. The first-order valence-electron chi connectivity index (χ1n) is 2.20. The molecule has 0 radical (unpaired) electrons. The predicted molar refractivity (Wildman–Crippen MR) is 34.6 cm³/mol. The van der Waals surface area contributed by atoms with Crippen LogP contribution in [0.3, 0.4) is 0 Å². The van der Waals surface area contributed by atoms with Gasteiger partial charge in [-0.2, -0.15) is 0 Å². The van der Waals surface area contributed by atoms with Gasteiger partial charge in [-0.15, -0.1) is 0 Å². The summed E-state index contributed by atoms with van der Waals surface area (Å²) >= 11 is 2.02. The van der Waals surface area contributed by atoms with Gasteiger partial charge in [0.05, 0.1) is 34.1 Å². The largest absolute Gasteiger partial charge is 0.597 e. The van der Waals surface area contributed by atoms with Gasteiger partial charge in [0, 0.05) is 0 Å². The molecule has 8 heavy (non-hydrogen) atoms. The Labute approximate surface area is 59.3 Å². The first-order valence-corrected chi connectivity index (χ1v) is 4.18. The molecule has 0 aromatic heterocycles. The van der Waals surface area contributed by atoms with Crippen LogP contribution >= 0.6 is 16.1 Å². The van der Waals surface area contributed by atoms with Gasteiger partial charge in [-0.25, -0.2) is 0 Å². The minimum atomic E-state index is -0.998. The highest BCUT2D eigenvalue weighted by atomic mass is 79.9. The number of aliphatic hydroxyl groups excluding tert-OH is 1. The molecule has 0 spiro atoms. The Hall–Kier alpha value is 0.710. The van der Waals surface area contributed by atoms with E-state index in [0.29, 0.717) is 12.3 Å². The maximum atomic E-state index is 10.6. The summed E-state index contributed by atoms with van der Waals surface area (Å²) in [4.78, 5) is 0. The van der Waals surface area contributed by atoms with Gasteiger partial charge < -0.3 is 9.66 Å². The normalized spacial score (nSPS) is 40.9. The summed E-state index contributed by atoms with van der Waals surface area (Å²) in [6.07, 6.45) is -0.421. The summed E-state index contributed by atoms with van der Waals surface area (Å²) in [5.74, 6) is 0.366. The number of hydrogen-bond acceptors (Lipinski definition) is 3. The molecular weight excluding hydrogens is 194 g/mol. The van der Waals surface area contributed by atoms with Crippen molar-refractivity contribution < 1.29 is 9.66 Å². The zero-order chi connectivity index (χ0) is 6.15. The molecule has 48 valence electrons. The molecule has 2 unspecified atom stereocenters. The van der Waals surface area contributed by atoms with E-state index in [-0.39, 0.29) is 0 Å². The summed E-state index contributed by atoms with van der Waals surface area (Å²) in [5, 5.41) is 8.81. The Morgan fingerprint density at radius 1 is 1.88 bits per heavy atom. The molecule has 0 bridgehead atoms. The van der Waals surface area contributed by atoms with Crippen LogP contribution in [0.1, 0.15) is 0 Å². The van der Waals surface area contributed by atoms with Crippen LogP contribution in [-0.4, -0.2) is 31.4 Å². The van der Waals surface area contributed by atoms with Crippen LogP contribution < -0.4 is 0 Å². The molecule has 1 heterocycles. The second kappa shape index (κ2) is 2.53. The molecule has 1 fully saturated rings. The molecule has 1 rings (SSSR count). The monoisotopic (exact) mass is 199 g/mol. The average molecular weight is 200 g/mol. The predicted octanol–water partition coefficient (Wildman–Crippen LogP) is -0.363. The lowest BCUT2D eigenvalue weighted by atomic mass is 10.4. The SMILES string of the molecule is [O-][S+]1CC(O)CN1Br. The Morgan fingerprint density at radius 3 is 2.62 bits per heavy atom. The third-order valence-corrected chi connectivity index (χ3v) is 3.43. The standard InChI is InChI=1S/C3H6BrNO2S/c4-5-1-3(6)2-8(5)7/h3,6H,1-2H2. The van der Waals surface area contributed by atoms with E-state index in [4.69, 9.17) is 5.11 Å². The fourth-order valence-corrected chi connectivity index (χ4v) is 2.17. The van der Waals surface area contributed by atoms with Gasteiger partial charge in [0.25, 0.3) is 0 Å². The van der Waals surface area contributed by atoms with Crippen LogP contribution in [0.25, 0.3) is 0 Å². The van der Waals surface area contributed by atoms with Gasteiger partial charge in [0.2, 0.25) is 0 Å². The third kappa shape index (κ3) is 1.35. The lowest BCUT2D eigenvalue weighted by Crippen LogP contribution is -2.13. The van der Waals surface area contributed by atoms with Gasteiger partial charge in [-0.1, -0.05) is 3.33 Å². The summed E-state index contributed by atoms with van der Waals surface area (Å²) < 4.78 is 12.1. The van der Waals surface area contributed by atoms with Gasteiger partial charge in [0.15, 0.2) is 5.75 Å². The Bertz CT molecular complexity index is 83.4. The zero-order valence-electron chi connectivity index (χ0n) is 4.08. The maximum absolute atomic E-state index is 10.6. The molecule has 0 aliphatic carbocycles. The Morgan fingerprint density at radius 2 is 2.50 bits per heavy atom. The average Bonchev–Trinajstić information content (AvgIpc) is 1.85. The highest BCUT2D eigenvalue weighted by molar-refractivity contribution is 9.08. The molecule has 1 N–H and O–H groups in total. The fraction of sp³-hybridized carbons (Fsp3) is 1.00. The van der Waals surface area contributed by atoms with E-state index in [2.05, 4.69) is 16.1 Å². The maximum Gasteiger partial charge on any atom is 0.153 e. The fourth-order valence-electron chi connectivity index (χ4n) is 0.547. The number of rotatable bonds is 0. The first-order chi connectivity index (χ1) is 3.70. The summed E-state index contributed by atoms with van der Waals surface area (Å²) in [7, 11) is 0. The molecule has 5 heteroatoms. The van der Waals surface area contributed by atoms with Gasteiger partial charge in [0.1, 0.15) is 6.10 Å². The van der Waals surface area contributed by atoms with Crippen molar-refractivity contribution in [1.82, 2.24) is 3.33 Å². The minimum absolute atomic E-state index is 0.366. The summed E-state index contributed by atoms with van der Waals surface area (Å²) in [6.45, 7) is 0.465. The van der Waals surface area contributed by atoms with Crippen molar-refractivity contribution in [2.45, 2.75) is 6.10 Å². The van der Waals surface area contributed by atoms with Crippen molar-refractivity contribution in [2.24, 2.45) is 0 Å². The minimum Gasteiger partial charge on any atom is -0.597 e. The van der Waals surface area contributed by atoms with Gasteiger partial charge in [-0.05, 0) is 0 Å². The van der Waals surface area contributed by atoms with E-state index in [9.17, 15) is 4.55 Å². The van der Waals surface area contributed by atoms with Crippen LogP contribution in [0.2, 0.25) is 0 Å². The number of halogens is 1. The van der Waals surface area contributed by atoms with E-state index in [1.54, 1.807) is 0 Å². The van der Waals surface area contributed by atoms with Crippen LogP contribution in [0, 0.1) is 0 Å². The second-order valence-corrected chi connectivity index (χ2v) is 4.38.